The normalized spacial score (nSPS) is 11.0. The van der Waals surface area contributed by atoms with Crippen LogP contribution in [0.25, 0.3) is 10.9 Å². The minimum absolute atomic E-state index is 0.0512. The lowest BCUT2D eigenvalue weighted by atomic mass is 10.1. The van der Waals surface area contributed by atoms with E-state index in [4.69, 9.17) is 11.6 Å². The molecule has 0 radical (unpaired) electrons. The van der Waals surface area contributed by atoms with Crippen molar-refractivity contribution < 1.29 is 4.79 Å². The van der Waals surface area contributed by atoms with Gasteiger partial charge in [-0.3, -0.25) is 4.79 Å². The molecule has 2 aromatic carbocycles. The number of hydrogen-bond donors (Lipinski definition) is 1. The lowest BCUT2D eigenvalue weighted by Crippen LogP contribution is -2.26. The predicted molar refractivity (Wildman–Crippen MR) is 104 cm³/mol. The van der Waals surface area contributed by atoms with Gasteiger partial charge in [0.2, 0.25) is 0 Å². The molecule has 0 bridgehead atoms. The molecule has 0 aliphatic heterocycles. The van der Waals surface area contributed by atoms with E-state index in [0.717, 1.165) is 47.1 Å². The Morgan fingerprint density at radius 1 is 1.12 bits per heavy atom. The maximum Gasteiger partial charge on any atom is 0.268 e. The third-order valence-corrected chi connectivity index (χ3v) is 4.94. The molecule has 0 fully saturated rings. The van der Waals surface area contributed by atoms with E-state index in [1.54, 1.807) is 0 Å². The van der Waals surface area contributed by atoms with Gasteiger partial charge in [0.05, 0.1) is 0 Å². The Balaban J connectivity index is 1.92. The average Bonchev–Trinajstić information content (AvgIpc) is 2.91. The van der Waals surface area contributed by atoms with Crippen LogP contribution in [-0.2, 0) is 13.1 Å². The minimum Gasteiger partial charge on any atom is -0.347 e. The topological polar surface area (TPSA) is 34.0 Å². The van der Waals surface area contributed by atoms with E-state index in [2.05, 4.69) is 28.9 Å². The molecule has 0 atom stereocenters. The number of halogens is 1. The van der Waals surface area contributed by atoms with Gasteiger partial charge in [0.25, 0.3) is 5.91 Å². The van der Waals surface area contributed by atoms with Crippen molar-refractivity contribution >= 4 is 28.4 Å². The molecule has 130 valence electrons. The van der Waals surface area contributed by atoms with Crippen molar-refractivity contribution in [2.75, 3.05) is 0 Å². The zero-order valence-electron chi connectivity index (χ0n) is 14.7. The van der Waals surface area contributed by atoms with E-state index in [1.807, 2.05) is 43.3 Å². The third-order valence-electron chi connectivity index (χ3n) is 4.57. The van der Waals surface area contributed by atoms with Crippen LogP contribution in [0, 0.1) is 6.92 Å². The SMILES string of the molecule is CCCCn1c(C(=O)NCc2ccccc2Cl)c(C)c2ccccc21. The number of fused-ring (bicyclic) bond motifs is 1. The molecule has 0 spiro atoms. The van der Waals surface area contributed by atoms with E-state index < -0.39 is 0 Å². The second kappa shape index (κ2) is 7.75. The summed E-state index contributed by atoms with van der Waals surface area (Å²) < 4.78 is 2.15. The van der Waals surface area contributed by atoms with Crippen LogP contribution >= 0.6 is 11.6 Å². The number of benzene rings is 2. The van der Waals surface area contributed by atoms with Crippen LogP contribution in [0.4, 0.5) is 0 Å². The number of hydrogen-bond acceptors (Lipinski definition) is 1. The van der Waals surface area contributed by atoms with Crippen molar-refractivity contribution in [1.29, 1.82) is 0 Å². The number of rotatable bonds is 6. The van der Waals surface area contributed by atoms with E-state index in [9.17, 15) is 4.79 Å². The van der Waals surface area contributed by atoms with Gasteiger partial charge in [-0.05, 0) is 36.6 Å². The molecule has 0 aliphatic rings. The molecule has 1 aromatic heterocycles. The van der Waals surface area contributed by atoms with Gasteiger partial charge in [-0.1, -0.05) is 61.3 Å². The Kier molecular flexibility index (Phi) is 5.44. The summed E-state index contributed by atoms with van der Waals surface area (Å²) in [7, 11) is 0. The zero-order chi connectivity index (χ0) is 17.8. The summed E-state index contributed by atoms with van der Waals surface area (Å²) in [6.45, 7) is 5.46. The maximum atomic E-state index is 12.9. The van der Waals surface area contributed by atoms with Gasteiger partial charge in [0.15, 0.2) is 0 Å². The standard InChI is InChI=1S/C21H23ClN2O/c1-3-4-13-24-19-12-8-6-10-17(19)15(2)20(24)21(25)23-14-16-9-5-7-11-18(16)22/h5-12H,3-4,13-14H2,1-2H3,(H,23,25). The zero-order valence-corrected chi connectivity index (χ0v) is 15.4. The van der Waals surface area contributed by atoms with Crippen LogP contribution in [0.2, 0.25) is 5.02 Å². The van der Waals surface area contributed by atoms with Gasteiger partial charge in [-0.15, -0.1) is 0 Å². The highest BCUT2D eigenvalue weighted by Gasteiger charge is 2.19. The van der Waals surface area contributed by atoms with Gasteiger partial charge < -0.3 is 9.88 Å². The minimum atomic E-state index is -0.0512. The number of amides is 1. The van der Waals surface area contributed by atoms with E-state index >= 15 is 0 Å². The molecular formula is C21H23ClN2O. The van der Waals surface area contributed by atoms with Crippen LogP contribution in [0.1, 0.15) is 41.4 Å². The third kappa shape index (κ3) is 3.57. The van der Waals surface area contributed by atoms with Crippen LogP contribution < -0.4 is 5.32 Å². The molecule has 0 unspecified atom stereocenters. The quantitative estimate of drug-likeness (QED) is 0.637. The van der Waals surface area contributed by atoms with Crippen molar-refractivity contribution in [3.8, 4) is 0 Å². The molecule has 0 saturated carbocycles. The number of para-hydroxylation sites is 1. The Hall–Kier alpha value is -2.26. The first-order valence-electron chi connectivity index (χ1n) is 8.73. The van der Waals surface area contributed by atoms with Gasteiger partial charge in [-0.2, -0.15) is 0 Å². The summed E-state index contributed by atoms with van der Waals surface area (Å²) in [4.78, 5) is 12.9. The summed E-state index contributed by atoms with van der Waals surface area (Å²) >= 11 is 6.19. The molecule has 3 nitrogen and oxygen atoms in total. The number of carbonyl (C=O) groups excluding carboxylic acids is 1. The summed E-state index contributed by atoms with van der Waals surface area (Å²) in [6.07, 6.45) is 2.13. The van der Waals surface area contributed by atoms with Gasteiger partial charge in [0, 0.05) is 29.0 Å². The predicted octanol–water partition coefficient (Wildman–Crippen LogP) is 5.33. The van der Waals surface area contributed by atoms with Crippen molar-refractivity contribution in [1.82, 2.24) is 9.88 Å². The second-order valence-electron chi connectivity index (χ2n) is 6.27. The first-order chi connectivity index (χ1) is 12.1. The van der Waals surface area contributed by atoms with Crippen LogP contribution in [0.15, 0.2) is 48.5 Å². The number of aryl methyl sites for hydroxylation is 2. The van der Waals surface area contributed by atoms with Crippen LogP contribution in [0.5, 0.6) is 0 Å². The number of nitrogens with zero attached hydrogens (tertiary/aromatic N) is 1. The average molecular weight is 355 g/mol. The highest BCUT2D eigenvalue weighted by atomic mass is 35.5. The Morgan fingerprint density at radius 2 is 1.84 bits per heavy atom. The fourth-order valence-corrected chi connectivity index (χ4v) is 3.42. The largest absolute Gasteiger partial charge is 0.347 e. The van der Waals surface area contributed by atoms with Crippen molar-refractivity contribution in [3.63, 3.8) is 0 Å². The molecule has 1 heterocycles. The Bertz CT molecular complexity index is 898. The first kappa shape index (κ1) is 17.6. The molecular weight excluding hydrogens is 332 g/mol. The highest BCUT2D eigenvalue weighted by Crippen LogP contribution is 2.26. The van der Waals surface area contributed by atoms with Crippen molar-refractivity contribution in [2.45, 2.75) is 39.8 Å². The van der Waals surface area contributed by atoms with E-state index in [0.29, 0.717) is 11.6 Å². The van der Waals surface area contributed by atoms with Crippen molar-refractivity contribution in [3.05, 3.63) is 70.4 Å². The maximum absolute atomic E-state index is 12.9. The second-order valence-corrected chi connectivity index (χ2v) is 6.68. The smallest absolute Gasteiger partial charge is 0.268 e. The Labute approximate surface area is 153 Å². The summed E-state index contributed by atoms with van der Waals surface area (Å²) in [5.74, 6) is -0.0512. The number of aromatic nitrogens is 1. The van der Waals surface area contributed by atoms with Gasteiger partial charge in [-0.25, -0.2) is 0 Å². The summed E-state index contributed by atoms with van der Waals surface area (Å²) in [6, 6.07) is 15.8. The lowest BCUT2D eigenvalue weighted by molar-refractivity contribution is 0.0941. The molecule has 3 aromatic rings. The molecule has 25 heavy (non-hydrogen) atoms. The van der Waals surface area contributed by atoms with E-state index in [-0.39, 0.29) is 5.91 Å². The number of carbonyl (C=O) groups is 1. The Morgan fingerprint density at radius 3 is 2.60 bits per heavy atom. The van der Waals surface area contributed by atoms with Crippen LogP contribution in [-0.4, -0.2) is 10.5 Å². The van der Waals surface area contributed by atoms with E-state index in [1.165, 1.54) is 0 Å². The molecule has 3 rings (SSSR count). The molecule has 0 saturated heterocycles. The molecule has 4 heteroatoms. The van der Waals surface area contributed by atoms with Gasteiger partial charge >= 0.3 is 0 Å². The molecule has 1 N–H and O–H groups in total. The summed E-state index contributed by atoms with van der Waals surface area (Å²) in [5.41, 5.74) is 3.83. The number of nitrogens with one attached hydrogen (secondary N) is 1. The first-order valence-corrected chi connectivity index (χ1v) is 9.10. The van der Waals surface area contributed by atoms with Crippen LogP contribution in [0.3, 0.4) is 0 Å². The molecule has 0 aliphatic carbocycles. The monoisotopic (exact) mass is 354 g/mol. The fourth-order valence-electron chi connectivity index (χ4n) is 3.22. The molecule has 1 amide bonds. The lowest BCUT2D eigenvalue weighted by Gasteiger charge is -2.12. The highest BCUT2D eigenvalue weighted by molar-refractivity contribution is 6.31. The summed E-state index contributed by atoms with van der Waals surface area (Å²) in [5, 5.41) is 4.84. The van der Waals surface area contributed by atoms with Crippen molar-refractivity contribution in [2.24, 2.45) is 0 Å². The number of unbranched alkanes of at least 4 members (excludes halogenated alkanes) is 1. The fraction of sp³-hybridized carbons (Fsp3) is 0.286. The van der Waals surface area contributed by atoms with Gasteiger partial charge in [0.1, 0.15) is 5.69 Å².